The van der Waals surface area contributed by atoms with E-state index in [-0.39, 0.29) is 41.1 Å². The summed E-state index contributed by atoms with van der Waals surface area (Å²) in [6.45, 7) is 0.900. The van der Waals surface area contributed by atoms with Crippen LogP contribution in [0.5, 0.6) is 5.75 Å². The van der Waals surface area contributed by atoms with E-state index >= 15 is 0 Å². The highest BCUT2D eigenvalue weighted by atomic mass is 19.4. The molecule has 1 amide bonds. The predicted octanol–water partition coefficient (Wildman–Crippen LogP) is 4.57. The van der Waals surface area contributed by atoms with E-state index in [0.717, 1.165) is 18.1 Å². The average Bonchev–Trinajstić information content (AvgIpc) is 3.30. The molecule has 0 spiro atoms. The van der Waals surface area contributed by atoms with Crippen LogP contribution in [0.4, 0.5) is 13.2 Å². The number of methoxy groups -OCH3 is 1. The minimum absolute atomic E-state index is 0.00726. The predicted molar refractivity (Wildman–Crippen MR) is 122 cm³/mol. The van der Waals surface area contributed by atoms with Gasteiger partial charge in [0.05, 0.1) is 13.7 Å². The summed E-state index contributed by atoms with van der Waals surface area (Å²) in [5, 5.41) is 0.341. The van der Waals surface area contributed by atoms with Crippen molar-refractivity contribution in [2.75, 3.05) is 13.7 Å². The molecule has 0 saturated heterocycles. The first kappa shape index (κ1) is 22.9. The van der Waals surface area contributed by atoms with Crippen LogP contribution in [0, 0.1) is 0 Å². The number of hydrogen-bond acceptors (Lipinski definition) is 6. The molecule has 7 nitrogen and oxygen atoms in total. The highest BCUT2D eigenvalue weighted by molar-refractivity contribution is 5.98. The van der Waals surface area contributed by atoms with Crippen molar-refractivity contribution < 1.29 is 27.1 Å². The Morgan fingerprint density at radius 3 is 2.60 bits per heavy atom. The number of alkyl halides is 3. The number of oxazole rings is 1. The number of rotatable bonds is 4. The van der Waals surface area contributed by atoms with Crippen LogP contribution in [-0.2, 0) is 25.7 Å². The molecular weight excluding hydrogens is 461 g/mol. The average molecular weight is 482 g/mol. The van der Waals surface area contributed by atoms with Gasteiger partial charge >= 0.3 is 6.18 Å². The zero-order chi connectivity index (χ0) is 24.7. The van der Waals surface area contributed by atoms with E-state index in [1.54, 1.807) is 11.0 Å². The van der Waals surface area contributed by atoms with Crippen LogP contribution in [0.2, 0.25) is 0 Å². The Balaban J connectivity index is 1.55. The van der Waals surface area contributed by atoms with Gasteiger partial charge in [-0.3, -0.25) is 4.79 Å². The van der Waals surface area contributed by atoms with Crippen molar-refractivity contribution in [3.63, 3.8) is 0 Å². The minimum Gasteiger partial charge on any atom is -0.494 e. The van der Waals surface area contributed by atoms with Gasteiger partial charge in [-0.05, 0) is 41.8 Å². The van der Waals surface area contributed by atoms with Gasteiger partial charge in [-0.1, -0.05) is 24.3 Å². The lowest BCUT2D eigenvalue weighted by molar-refractivity contribution is -0.140. The normalized spacial score (nSPS) is 13.7. The lowest BCUT2D eigenvalue weighted by Crippen LogP contribution is -2.36. The highest BCUT2D eigenvalue weighted by Gasteiger charge is 2.33. The van der Waals surface area contributed by atoms with Crippen LogP contribution in [0.3, 0.4) is 0 Å². The number of aromatic nitrogens is 2. The number of halogens is 3. The zero-order valence-corrected chi connectivity index (χ0v) is 18.7. The summed E-state index contributed by atoms with van der Waals surface area (Å²) in [7, 11) is 1.35. The van der Waals surface area contributed by atoms with Gasteiger partial charge in [0, 0.05) is 24.0 Å². The number of hydrogen-bond donors (Lipinski definition) is 1. The molecule has 10 heteroatoms. The number of carbonyl (C=O) groups excluding carboxylic acids is 1. The molecule has 35 heavy (non-hydrogen) atoms. The van der Waals surface area contributed by atoms with Crippen molar-refractivity contribution in [1.29, 1.82) is 0 Å². The number of amides is 1. The Morgan fingerprint density at radius 2 is 1.89 bits per heavy atom. The summed E-state index contributed by atoms with van der Waals surface area (Å²) in [4.78, 5) is 23.2. The van der Waals surface area contributed by atoms with Gasteiger partial charge in [-0.15, -0.1) is 0 Å². The van der Waals surface area contributed by atoms with Crippen LogP contribution < -0.4 is 10.5 Å². The van der Waals surface area contributed by atoms with Crippen molar-refractivity contribution in [2.45, 2.75) is 25.7 Å². The highest BCUT2D eigenvalue weighted by Crippen LogP contribution is 2.37. The monoisotopic (exact) mass is 482 g/mol. The van der Waals surface area contributed by atoms with Gasteiger partial charge in [-0.25, -0.2) is 9.97 Å². The molecule has 1 aliphatic heterocycles. The molecule has 2 N–H and O–H groups in total. The largest absolute Gasteiger partial charge is 0.494 e. The first-order valence-electron chi connectivity index (χ1n) is 10.9. The molecule has 1 aliphatic rings. The van der Waals surface area contributed by atoms with E-state index in [0.29, 0.717) is 24.0 Å². The maximum Gasteiger partial charge on any atom is 0.433 e. The first-order chi connectivity index (χ1) is 16.8. The lowest BCUT2D eigenvalue weighted by atomic mass is 10.00. The molecule has 3 heterocycles. The summed E-state index contributed by atoms with van der Waals surface area (Å²) in [5.41, 5.74) is 7.54. The number of pyridine rings is 1. The van der Waals surface area contributed by atoms with Crippen LogP contribution in [0.1, 0.15) is 33.1 Å². The molecule has 0 fully saturated rings. The molecule has 2 aromatic carbocycles. The molecule has 180 valence electrons. The summed E-state index contributed by atoms with van der Waals surface area (Å²) >= 11 is 0. The molecule has 0 radical (unpaired) electrons. The van der Waals surface area contributed by atoms with Gasteiger partial charge in [0.1, 0.15) is 17.0 Å². The van der Waals surface area contributed by atoms with Gasteiger partial charge < -0.3 is 19.8 Å². The van der Waals surface area contributed by atoms with Crippen molar-refractivity contribution in [1.82, 2.24) is 14.9 Å². The van der Waals surface area contributed by atoms with Crippen molar-refractivity contribution >= 4 is 16.8 Å². The van der Waals surface area contributed by atoms with E-state index < -0.39 is 11.9 Å². The molecular formula is C25H21F3N4O3. The first-order valence-corrected chi connectivity index (χ1v) is 10.9. The van der Waals surface area contributed by atoms with Gasteiger partial charge in [0.25, 0.3) is 5.91 Å². The summed E-state index contributed by atoms with van der Waals surface area (Å²) in [5.74, 6) is 0.127. The maximum absolute atomic E-state index is 13.3. The molecule has 0 atom stereocenters. The Morgan fingerprint density at radius 1 is 1.11 bits per heavy atom. The van der Waals surface area contributed by atoms with E-state index in [4.69, 9.17) is 14.9 Å². The second kappa shape index (κ2) is 8.70. The van der Waals surface area contributed by atoms with Gasteiger partial charge in [-0.2, -0.15) is 13.2 Å². The number of nitrogens with two attached hydrogens (primary N) is 1. The number of carbonyl (C=O) groups is 1. The Bertz CT molecular complexity index is 1430. The zero-order valence-electron chi connectivity index (χ0n) is 18.7. The Hall–Kier alpha value is -3.92. The minimum atomic E-state index is -4.61. The number of ether oxygens (including phenoxy) is 1. The van der Waals surface area contributed by atoms with Gasteiger partial charge in [0.2, 0.25) is 5.89 Å². The Kier molecular flexibility index (Phi) is 5.68. The van der Waals surface area contributed by atoms with Gasteiger partial charge in [0.15, 0.2) is 11.5 Å². The van der Waals surface area contributed by atoms with E-state index in [9.17, 15) is 18.0 Å². The molecule has 2 aromatic heterocycles. The summed E-state index contributed by atoms with van der Waals surface area (Å²) < 4.78 is 50.8. The SMILES string of the molecule is COc1ccc(-c2nc(C(=O)N3CCc4ccccc4C3)c(CN)o2)c2ccc(C(F)(F)F)nc12. The third-order valence-corrected chi connectivity index (χ3v) is 6.06. The molecule has 0 unspecified atom stereocenters. The fraction of sp³-hybridized carbons (Fsp3) is 0.240. The number of benzene rings is 2. The maximum atomic E-state index is 13.3. The van der Waals surface area contributed by atoms with Crippen molar-refractivity contribution in [2.24, 2.45) is 5.73 Å². The lowest BCUT2D eigenvalue weighted by Gasteiger charge is -2.28. The fourth-order valence-electron chi connectivity index (χ4n) is 4.29. The molecule has 5 rings (SSSR count). The smallest absolute Gasteiger partial charge is 0.433 e. The molecule has 0 saturated carbocycles. The van der Waals surface area contributed by atoms with E-state index in [1.165, 1.54) is 24.8 Å². The van der Waals surface area contributed by atoms with E-state index in [2.05, 4.69) is 9.97 Å². The Labute approximate surface area is 198 Å². The number of nitrogens with zero attached hydrogens (tertiary/aromatic N) is 3. The molecule has 4 aromatic rings. The van der Waals surface area contributed by atoms with Crippen LogP contribution in [0.25, 0.3) is 22.4 Å². The third-order valence-electron chi connectivity index (χ3n) is 6.06. The number of fused-ring (bicyclic) bond motifs is 2. The topological polar surface area (TPSA) is 94.5 Å². The second-order valence-corrected chi connectivity index (χ2v) is 8.15. The standard InChI is InChI=1S/C25H21F3N4O3/c1-34-18-8-6-17(16-7-9-20(25(26,27)28)30-21(16)18)23-31-22(19(12-29)35-23)24(33)32-11-10-14-4-2-3-5-15(14)13-32/h2-9H,10-13,29H2,1H3. The van der Waals surface area contributed by atoms with Crippen LogP contribution in [-0.4, -0.2) is 34.4 Å². The summed E-state index contributed by atoms with van der Waals surface area (Å²) in [6, 6.07) is 13.2. The van der Waals surface area contributed by atoms with Crippen LogP contribution >= 0.6 is 0 Å². The third kappa shape index (κ3) is 4.10. The van der Waals surface area contributed by atoms with Crippen molar-refractivity contribution in [3.8, 4) is 17.2 Å². The fourth-order valence-corrected chi connectivity index (χ4v) is 4.29. The summed E-state index contributed by atoms with van der Waals surface area (Å²) in [6.07, 6.45) is -3.89. The molecule has 0 bridgehead atoms. The van der Waals surface area contributed by atoms with Crippen molar-refractivity contribution in [3.05, 3.63) is 76.8 Å². The molecule has 0 aliphatic carbocycles. The second-order valence-electron chi connectivity index (χ2n) is 8.15. The van der Waals surface area contributed by atoms with Crippen LogP contribution in [0.15, 0.2) is 52.9 Å². The van der Waals surface area contributed by atoms with E-state index in [1.807, 2.05) is 24.3 Å². The quantitative estimate of drug-likeness (QED) is 0.458.